The minimum atomic E-state index is -4.68. The summed E-state index contributed by atoms with van der Waals surface area (Å²) in [4.78, 5) is 18.8. The molecule has 1 aliphatic rings. The number of furan rings is 1. The number of benzene rings is 1. The molecular formula is C23H17ClF3N3O2. The lowest BCUT2D eigenvalue weighted by Crippen LogP contribution is -2.29. The van der Waals surface area contributed by atoms with E-state index in [0.717, 1.165) is 22.5 Å². The first kappa shape index (κ1) is 20.6. The Morgan fingerprint density at radius 2 is 1.94 bits per heavy atom. The lowest BCUT2D eigenvalue weighted by atomic mass is 9.99. The lowest BCUT2D eigenvalue weighted by Gasteiger charge is -2.15. The zero-order valence-electron chi connectivity index (χ0n) is 16.6. The minimum absolute atomic E-state index is 0.149. The Morgan fingerprint density at radius 3 is 2.62 bits per heavy atom. The summed E-state index contributed by atoms with van der Waals surface area (Å²) in [5.74, 6) is -0.315. The Hall–Kier alpha value is -3.26. The van der Waals surface area contributed by atoms with Crippen LogP contribution in [0.1, 0.15) is 34.0 Å². The van der Waals surface area contributed by atoms with E-state index in [-0.39, 0.29) is 22.3 Å². The van der Waals surface area contributed by atoms with Gasteiger partial charge in [0, 0.05) is 36.3 Å². The molecule has 4 aromatic rings. The lowest BCUT2D eigenvalue weighted by molar-refractivity contribution is -0.136. The van der Waals surface area contributed by atoms with E-state index in [9.17, 15) is 18.0 Å². The molecule has 32 heavy (non-hydrogen) atoms. The zero-order chi connectivity index (χ0) is 22.5. The fourth-order valence-corrected chi connectivity index (χ4v) is 4.39. The molecule has 1 aliphatic heterocycles. The van der Waals surface area contributed by atoms with Gasteiger partial charge in [-0.05, 0) is 24.1 Å². The van der Waals surface area contributed by atoms with Gasteiger partial charge in [0.25, 0.3) is 5.91 Å². The van der Waals surface area contributed by atoms with Crippen LogP contribution in [0.5, 0.6) is 0 Å². The van der Waals surface area contributed by atoms with E-state index < -0.39 is 23.3 Å². The van der Waals surface area contributed by atoms with E-state index in [2.05, 4.69) is 4.98 Å². The molecule has 0 bridgehead atoms. The van der Waals surface area contributed by atoms with Crippen LogP contribution in [0.25, 0.3) is 16.8 Å². The molecule has 1 atom stereocenters. The number of pyridine rings is 1. The van der Waals surface area contributed by atoms with Gasteiger partial charge < -0.3 is 9.32 Å². The molecule has 164 valence electrons. The summed E-state index contributed by atoms with van der Waals surface area (Å²) in [5, 5.41) is -0.149. The Labute approximate surface area is 186 Å². The van der Waals surface area contributed by atoms with Crippen molar-refractivity contribution in [2.45, 2.75) is 18.5 Å². The summed E-state index contributed by atoms with van der Waals surface area (Å²) < 4.78 is 47.5. The van der Waals surface area contributed by atoms with Crippen LogP contribution in [0.3, 0.4) is 0 Å². The van der Waals surface area contributed by atoms with E-state index in [0.29, 0.717) is 18.7 Å². The van der Waals surface area contributed by atoms with E-state index >= 15 is 0 Å². The van der Waals surface area contributed by atoms with Gasteiger partial charge in [0.15, 0.2) is 11.3 Å². The zero-order valence-corrected chi connectivity index (χ0v) is 17.4. The second kappa shape index (κ2) is 7.70. The number of alkyl halides is 3. The average Bonchev–Trinajstić information content (AvgIpc) is 3.53. The number of hydrogen-bond acceptors (Lipinski definition) is 3. The van der Waals surface area contributed by atoms with Crippen molar-refractivity contribution in [3.63, 3.8) is 0 Å². The van der Waals surface area contributed by atoms with Crippen LogP contribution in [0.15, 0.2) is 65.6 Å². The number of imidazole rings is 1. The van der Waals surface area contributed by atoms with E-state index in [1.54, 1.807) is 11.0 Å². The average molecular weight is 460 g/mol. The third kappa shape index (κ3) is 3.54. The van der Waals surface area contributed by atoms with Crippen molar-refractivity contribution < 1.29 is 22.4 Å². The number of amides is 1. The van der Waals surface area contributed by atoms with Crippen molar-refractivity contribution in [3.8, 4) is 11.1 Å². The predicted octanol–water partition coefficient (Wildman–Crippen LogP) is 5.90. The Bertz CT molecular complexity index is 1280. The number of likely N-dealkylation sites (tertiary alicyclic amines) is 1. The van der Waals surface area contributed by atoms with Crippen molar-refractivity contribution in [1.82, 2.24) is 14.3 Å². The van der Waals surface area contributed by atoms with Gasteiger partial charge in [0.2, 0.25) is 0 Å². The quantitative estimate of drug-likeness (QED) is 0.383. The van der Waals surface area contributed by atoms with Gasteiger partial charge in [-0.1, -0.05) is 41.9 Å². The number of hydrogen-bond donors (Lipinski definition) is 0. The van der Waals surface area contributed by atoms with Crippen molar-refractivity contribution >= 4 is 23.2 Å². The molecule has 1 aromatic carbocycles. The van der Waals surface area contributed by atoms with Gasteiger partial charge in [0.05, 0.1) is 18.1 Å². The molecule has 0 spiro atoms. The van der Waals surface area contributed by atoms with Crippen molar-refractivity contribution in [1.29, 1.82) is 0 Å². The van der Waals surface area contributed by atoms with Gasteiger partial charge in [-0.15, -0.1) is 0 Å². The predicted molar refractivity (Wildman–Crippen MR) is 113 cm³/mol. The number of halogens is 4. The highest BCUT2D eigenvalue weighted by Crippen LogP contribution is 2.37. The SMILES string of the molecule is O=C(c1nc2c(C(F)(F)F)cc(-c3ccoc3)cn2c1Cl)N1CC[C@@H](c2ccccc2)C1. The second-order valence-corrected chi connectivity index (χ2v) is 8.10. The van der Waals surface area contributed by atoms with E-state index in [1.165, 1.54) is 18.7 Å². The highest BCUT2D eigenvalue weighted by Gasteiger charge is 2.37. The van der Waals surface area contributed by atoms with Gasteiger partial charge in [-0.25, -0.2) is 4.98 Å². The Balaban J connectivity index is 1.54. The van der Waals surface area contributed by atoms with Gasteiger partial charge >= 0.3 is 6.18 Å². The van der Waals surface area contributed by atoms with Crippen molar-refractivity contribution in [2.75, 3.05) is 13.1 Å². The first-order valence-electron chi connectivity index (χ1n) is 9.98. The maximum absolute atomic E-state index is 13.8. The molecule has 4 heterocycles. The van der Waals surface area contributed by atoms with Crippen LogP contribution in [-0.2, 0) is 6.18 Å². The molecule has 5 rings (SSSR count). The smallest absolute Gasteiger partial charge is 0.420 e. The summed E-state index contributed by atoms with van der Waals surface area (Å²) in [7, 11) is 0. The molecule has 0 radical (unpaired) electrons. The third-order valence-electron chi connectivity index (χ3n) is 5.77. The van der Waals surface area contributed by atoms with Crippen LogP contribution >= 0.6 is 11.6 Å². The molecule has 1 saturated heterocycles. The molecule has 1 amide bonds. The normalized spacial score (nSPS) is 16.8. The van der Waals surface area contributed by atoms with Gasteiger partial charge in [-0.3, -0.25) is 9.20 Å². The molecule has 3 aromatic heterocycles. The molecule has 0 saturated carbocycles. The highest BCUT2D eigenvalue weighted by molar-refractivity contribution is 6.33. The fraction of sp³-hybridized carbons (Fsp3) is 0.217. The van der Waals surface area contributed by atoms with E-state index in [4.69, 9.17) is 16.0 Å². The topological polar surface area (TPSA) is 50.8 Å². The first-order valence-corrected chi connectivity index (χ1v) is 10.4. The number of fused-ring (bicyclic) bond motifs is 1. The number of aromatic nitrogens is 2. The molecule has 0 aliphatic carbocycles. The summed E-state index contributed by atoms with van der Waals surface area (Å²) in [6.45, 7) is 0.939. The van der Waals surface area contributed by atoms with Crippen molar-refractivity contribution in [2.24, 2.45) is 0 Å². The third-order valence-corrected chi connectivity index (χ3v) is 6.13. The molecular weight excluding hydrogens is 443 g/mol. The van der Waals surface area contributed by atoms with Crippen LogP contribution in [0.2, 0.25) is 5.15 Å². The van der Waals surface area contributed by atoms with E-state index in [1.807, 2.05) is 30.3 Å². The van der Waals surface area contributed by atoms with Crippen LogP contribution in [0.4, 0.5) is 13.2 Å². The molecule has 5 nitrogen and oxygen atoms in total. The number of rotatable bonds is 3. The standard InChI is InChI=1S/C23H17ClF3N3O2/c24-20-19(22(31)29-8-6-15(11-29)14-4-2-1-3-5-14)28-21-18(23(25,26)27)10-17(12-30(20)21)16-7-9-32-13-16/h1-5,7,9-10,12-13,15H,6,8,11H2/t15-/m1/s1. The maximum atomic E-state index is 13.8. The summed E-state index contributed by atoms with van der Waals surface area (Å²) >= 11 is 6.40. The second-order valence-electron chi connectivity index (χ2n) is 7.74. The molecule has 0 N–H and O–H groups in total. The number of carbonyl (C=O) groups excluding carboxylic acids is 1. The Morgan fingerprint density at radius 1 is 1.16 bits per heavy atom. The summed E-state index contributed by atoms with van der Waals surface area (Å²) in [5.41, 5.74) is 0.267. The Kier molecular flexibility index (Phi) is 4.97. The van der Waals surface area contributed by atoms with Crippen LogP contribution in [-0.4, -0.2) is 33.3 Å². The molecule has 0 unspecified atom stereocenters. The molecule has 9 heteroatoms. The number of carbonyl (C=O) groups is 1. The largest absolute Gasteiger partial charge is 0.472 e. The van der Waals surface area contributed by atoms with Crippen LogP contribution in [0, 0.1) is 0 Å². The molecule has 1 fully saturated rings. The van der Waals surface area contributed by atoms with Crippen molar-refractivity contribution in [3.05, 3.63) is 83.2 Å². The minimum Gasteiger partial charge on any atom is -0.472 e. The van der Waals surface area contributed by atoms with Gasteiger partial charge in [0.1, 0.15) is 5.15 Å². The maximum Gasteiger partial charge on any atom is 0.420 e. The summed E-state index contributed by atoms with van der Waals surface area (Å²) in [6, 6.07) is 12.3. The number of nitrogens with zero attached hydrogens (tertiary/aromatic N) is 3. The van der Waals surface area contributed by atoms with Crippen LogP contribution < -0.4 is 0 Å². The van der Waals surface area contributed by atoms with Gasteiger partial charge in [-0.2, -0.15) is 13.2 Å². The summed E-state index contributed by atoms with van der Waals surface area (Å²) in [6.07, 6.45) is 0.222. The highest BCUT2D eigenvalue weighted by atomic mass is 35.5. The fourth-order valence-electron chi connectivity index (χ4n) is 4.14. The monoisotopic (exact) mass is 459 g/mol. The first-order chi connectivity index (χ1) is 15.3.